The van der Waals surface area contributed by atoms with E-state index in [4.69, 9.17) is 4.74 Å². The summed E-state index contributed by atoms with van der Waals surface area (Å²) in [6.45, 7) is 6.34. The fraction of sp³-hybridized carbons (Fsp3) is 0.450. The number of rotatable bonds is 4. The van der Waals surface area contributed by atoms with E-state index < -0.39 is 0 Å². The second-order valence-electron chi connectivity index (χ2n) is 6.82. The van der Waals surface area contributed by atoms with Gasteiger partial charge in [0.2, 0.25) is 0 Å². The Bertz CT molecular complexity index is 708. The molecule has 5 atom stereocenters. The number of ether oxygens (including phenoxy) is 1. The van der Waals surface area contributed by atoms with Crippen molar-refractivity contribution in [2.75, 3.05) is 20.2 Å². The summed E-state index contributed by atoms with van der Waals surface area (Å²) in [7, 11) is 1.84. The lowest BCUT2D eigenvalue weighted by Gasteiger charge is -2.51. The van der Waals surface area contributed by atoms with Crippen LogP contribution < -0.4 is 0 Å². The van der Waals surface area contributed by atoms with Crippen molar-refractivity contribution in [3.8, 4) is 0 Å². The molecule has 0 amide bonds. The van der Waals surface area contributed by atoms with Gasteiger partial charge in [0.25, 0.3) is 0 Å². The van der Waals surface area contributed by atoms with E-state index in [-0.39, 0.29) is 6.10 Å². The number of fused-ring (bicyclic) bond motifs is 4. The first-order valence-corrected chi connectivity index (χ1v) is 8.55. The summed E-state index contributed by atoms with van der Waals surface area (Å²) in [5.74, 6) is 1.40. The Morgan fingerprint density at radius 3 is 2.96 bits per heavy atom. The molecule has 1 aromatic heterocycles. The van der Waals surface area contributed by atoms with E-state index >= 15 is 0 Å². The van der Waals surface area contributed by atoms with Gasteiger partial charge in [-0.3, -0.25) is 9.88 Å². The average Bonchev–Trinajstić information content (AvgIpc) is 2.63. The minimum absolute atomic E-state index is 0.108. The number of nitrogens with zero attached hydrogens (tertiary/aromatic N) is 2. The van der Waals surface area contributed by atoms with Gasteiger partial charge in [0.05, 0.1) is 11.6 Å². The van der Waals surface area contributed by atoms with Gasteiger partial charge in [-0.1, -0.05) is 24.3 Å². The highest BCUT2D eigenvalue weighted by atomic mass is 16.5. The maximum absolute atomic E-state index is 6.01. The lowest BCUT2D eigenvalue weighted by atomic mass is 9.73. The van der Waals surface area contributed by atoms with Crippen molar-refractivity contribution < 1.29 is 4.74 Å². The standard InChI is InChI=1S/C20H24N2O/c1-3-14-13-22-11-9-15(14)12-19(22)20(23-2)17-8-10-21-18-7-5-4-6-16(17)18/h3-8,10,14-15,19-20H,1,9,11-13H2,2H3/t14-,15-,19+,20-/m0/s1. The second kappa shape index (κ2) is 6.06. The van der Waals surface area contributed by atoms with E-state index in [1.807, 2.05) is 19.4 Å². The number of piperidine rings is 3. The predicted molar refractivity (Wildman–Crippen MR) is 93.3 cm³/mol. The van der Waals surface area contributed by atoms with E-state index in [1.165, 1.54) is 30.3 Å². The van der Waals surface area contributed by atoms with Gasteiger partial charge < -0.3 is 4.74 Å². The molecule has 0 saturated carbocycles. The molecule has 3 aliphatic rings. The fourth-order valence-electron chi connectivity index (χ4n) is 4.55. The first-order valence-electron chi connectivity index (χ1n) is 8.55. The molecule has 3 nitrogen and oxygen atoms in total. The molecule has 1 unspecified atom stereocenters. The zero-order valence-corrected chi connectivity index (χ0v) is 13.7. The second-order valence-corrected chi connectivity index (χ2v) is 6.82. The van der Waals surface area contributed by atoms with Crippen LogP contribution in [0.2, 0.25) is 0 Å². The lowest BCUT2D eigenvalue weighted by Crippen LogP contribution is -2.55. The number of pyridine rings is 1. The highest BCUT2D eigenvalue weighted by Crippen LogP contribution is 2.43. The minimum Gasteiger partial charge on any atom is -0.375 e. The van der Waals surface area contributed by atoms with Gasteiger partial charge >= 0.3 is 0 Å². The van der Waals surface area contributed by atoms with Gasteiger partial charge in [-0.25, -0.2) is 0 Å². The van der Waals surface area contributed by atoms with Gasteiger partial charge in [-0.15, -0.1) is 6.58 Å². The molecule has 0 radical (unpaired) electrons. The highest BCUT2D eigenvalue weighted by Gasteiger charge is 2.42. The van der Waals surface area contributed by atoms with E-state index in [0.29, 0.717) is 12.0 Å². The number of hydrogen-bond acceptors (Lipinski definition) is 3. The Morgan fingerprint density at radius 1 is 1.35 bits per heavy atom. The summed E-state index contributed by atoms with van der Waals surface area (Å²) in [6.07, 6.45) is 6.66. The Hall–Kier alpha value is -1.71. The van der Waals surface area contributed by atoms with Crippen LogP contribution in [0.1, 0.15) is 24.5 Å². The minimum atomic E-state index is 0.108. The molecule has 23 heavy (non-hydrogen) atoms. The molecule has 5 rings (SSSR count). The summed E-state index contributed by atoms with van der Waals surface area (Å²) >= 11 is 0. The number of benzene rings is 1. The largest absolute Gasteiger partial charge is 0.375 e. The maximum Gasteiger partial charge on any atom is 0.0983 e. The molecule has 2 bridgehead atoms. The average molecular weight is 308 g/mol. The first kappa shape index (κ1) is 14.9. The van der Waals surface area contributed by atoms with Crippen LogP contribution in [0.25, 0.3) is 10.9 Å². The Labute approximate surface area is 138 Å². The smallest absolute Gasteiger partial charge is 0.0983 e. The van der Waals surface area contributed by atoms with Crippen LogP contribution in [0.15, 0.2) is 49.2 Å². The van der Waals surface area contributed by atoms with Crippen molar-refractivity contribution in [3.05, 3.63) is 54.7 Å². The van der Waals surface area contributed by atoms with E-state index in [9.17, 15) is 0 Å². The van der Waals surface area contributed by atoms with E-state index in [2.05, 4.69) is 46.8 Å². The maximum atomic E-state index is 6.01. The van der Waals surface area contributed by atoms with E-state index in [1.54, 1.807) is 0 Å². The van der Waals surface area contributed by atoms with Gasteiger partial charge in [0.15, 0.2) is 0 Å². The van der Waals surface area contributed by atoms with E-state index in [0.717, 1.165) is 18.0 Å². The van der Waals surface area contributed by atoms with Gasteiger partial charge in [0.1, 0.15) is 0 Å². The summed E-state index contributed by atoms with van der Waals surface area (Å²) in [5.41, 5.74) is 2.32. The molecule has 3 saturated heterocycles. The Kier molecular flexibility index (Phi) is 3.92. The predicted octanol–water partition coefficient (Wildman–Crippen LogP) is 3.82. The third kappa shape index (κ3) is 2.48. The molecule has 3 aliphatic heterocycles. The van der Waals surface area contributed by atoms with Crippen LogP contribution in [0.3, 0.4) is 0 Å². The van der Waals surface area contributed by atoms with Gasteiger partial charge in [-0.2, -0.15) is 0 Å². The first-order chi connectivity index (χ1) is 11.3. The third-order valence-electron chi connectivity index (χ3n) is 5.75. The van der Waals surface area contributed by atoms with Crippen LogP contribution in [0, 0.1) is 11.8 Å². The molecule has 0 spiro atoms. The topological polar surface area (TPSA) is 25.4 Å². The Balaban J connectivity index is 1.70. The molecule has 120 valence electrons. The monoisotopic (exact) mass is 308 g/mol. The van der Waals surface area contributed by atoms with Crippen molar-refractivity contribution in [3.63, 3.8) is 0 Å². The van der Waals surface area contributed by atoms with Crippen molar-refractivity contribution in [2.45, 2.75) is 25.0 Å². The van der Waals surface area contributed by atoms with Gasteiger partial charge in [0, 0.05) is 31.3 Å². The van der Waals surface area contributed by atoms with Gasteiger partial charge in [-0.05, 0) is 48.9 Å². The molecule has 2 aromatic rings. The number of methoxy groups -OCH3 is 1. The molecule has 3 heteroatoms. The molecule has 0 aliphatic carbocycles. The van der Waals surface area contributed by atoms with Crippen molar-refractivity contribution in [2.24, 2.45) is 11.8 Å². The van der Waals surface area contributed by atoms with Crippen molar-refractivity contribution in [1.29, 1.82) is 0 Å². The molecule has 3 fully saturated rings. The summed E-state index contributed by atoms with van der Waals surface area (Å²) < 4.78 is 6.01. The van der Waals surface area contributed by atoms with Crippen molar-refractivity contribution >= 4 is 10.9 Å². The lowest BCUT2D eigenvalue weighted by molar-refractivity contribution is -0.0601. The molecule has 0 N–H and O–H groups in total. The zero-order chi connectivity index (χ0) is 15.8. The number of hydrogen-bond donors (Lipinski definition) is 0. The Morgan fingerprint density at radius 2 is 2.22 bits per heavy atom. The third-order valence-corrected chi connectivity index (χ3v) is 5.75. The zero-order valence-electron chi connectivity index (χ0n) is 13.7. The SMILES string of the molecule is C=C[C@H]1CN2CC[C@H]1C[C@@H]2[C@@H](OC)c1ccnc2ccccc12. The normalized spacial score (nSPS) is 31.2. The summed E-state index contributed by atoms with van der Waals surface area (Å²) in [4.78, 5) is 7.10. The molecule has 1 aromatic carbocycles. The molecular weight excluding hydrogens is 284 g/mol. The van der Waals surface area contributed by atoms with Crippen LogP contribution in [-0.2, 0) is 4.74 Å². The van der Waals surface area contributed by atoms with Crippen LogP contribution in [0.5, 0.6) is 0 Å². The molecule has 4 heterocycles. The molecular formula is C20H24N2O. The van der Waals surface area contributed by atoms with Crippen LogP contribution in [-0.4, -0.2) is 36.1 Å². The summed E-state index contributed by atoms with van der Waals surface area (Å²) in [6, 6.07) is 11.0. The highest BCUT2D eigenvalue weighted by molar-refractivity contribution is 5.82. The van der Waals surface area contributed by atoms with Crippen molar-refractivity contribution in [1.82, 2.24) is 9.88 Å². The van der Waals surface area contributed by atoms with Crippen LogP contribution in [0.4, 0.5) is 0 Å². The van der Waals surface area contributed by atoms with Crippen LogP contribution >= 0.6 is 0 Å². The summed E-state index contributed by atoms with van der Waals surface area (Å²) in [5, 5.41) is 1.21. The number of para-hydroxylation sites is 1. The number of aromatic nitrogens is 1. The quantitative estimate of drug-likeness (QED) is 0.803. The fourth-order valence-corrected chi connectivity index (χ4v) is 4.55.